The highest BCUT2D eigenvalue weighted by atomic mass is 19.1. The van der Waals surface area contributed by atoms with Gasteiger partial charge in [0.25, 0.3) is 0 Å². The number of benzene rings is 2. The van der Waals surface area contributed by atoms with Crippen LogP contribution in [0.1, 0.15) is 135 Å². The van der Waals surface area contributed by atoms with Crippen LogP contribution in [-0.2, 0) is 28.6 Å². The van der Waals surface area contributed by atoms with E-state index in [1.165, 1.54) is 56.9 Å². The third kappa shape index (κ3) is 11.5. The molecule has 6 amide bonds. The molecule has 4 aromatic rings. The summed E-state index contributed by atoms with van der Waals surface area (Å²) in [6.07, 6.45) is 13.6. The smallest absolute Gasteiger partial charge is 0.410 e. The van der Waals surface area contributed by atoms with Gasteiger partial charge < -0.3 is 54.8 Å². The third-order valence-electron chi connectivity index (χ3n) is 17.6. The van der Waals surface area contributed by atoms with E-state index in [0.717, 1.165) is 79.7 Å². The molecule has 4 aliphatic heterocycles. The minimum atomic E-state index is -0.870. The number of carbonyl (C=O) groups is 6. The molecule has 0 bridgehead atoms. The van der Waals surface area contributed by atoms with Crippen LogP contribution in [0.25, 0.3) is 21.8 Å². The highest BCUT2D eigenvalue weighted by molar-refractivity contribution is 5.92. The van der Waals surface area contributed by atoms with Gasteiger partial charge in [-0.15, -0.1) is 0 Å². The Morgan fingerprint density at radius 2 is 1.13 bits per heavy atom. The van der Waals surface area contributed by atoms with Gasteiger partial charge in [0.05, 0.1) is 44.4 Å². The summed E-state index contributed by atoms with van der Waals surface area (Å²) in [5.74, 6) is -1.45. The molecule has 0 unspecified atom stereocenters. The summed E-state index contributed by atoms with van der Waals surface area (Å²) in [6.45, 7) is 8.69. The van der Waals surface area contributed by atoms with E-state index in [-0.39, 0.29) is 84.8 Å². The molecule has 18 nitrogen and oxygen atoms in total. The predicted molar refractivity (Wildman–Crippen MR) is 291 cm³/mol. The number of hydrogen-bond acceptors (Lipinski definition) is 10. The normalized spacial score (nSPS) is 24.6. The summed E-state index contributed by atoms with van der Waals surface area (Å²) < 4.78 is 43.4. The molecule has 20 heteroatoms. The molecule has 78 heavy (non-hydrogen) atoms. The second-order valence-electron chi connectivity index (χ2n) is 23.2. The Hall–Kier alpha value is -6.44. The number of fused-ring (bicyclic) bond motifs is 4. The first kappa shape index (κ1) is 57.7. The van der Waals surface area contributed by atoms with Crippen LogP contribution in [0.5, 0.6) is 0 Å². The van der Waals surface area contributed by atoms with Gasteiger partial charge in [0, 0.05) is 79.3 Å². The number of aromatic nitrogens is 2. The van der Waals surface area contributed by atoms with Gasteiger partial charge in [0.2, 0.25) is 17.7 Å². The lowest BCUT2D eigenvalue weighted by molar-refractivity contribution is -0.140. The molecule has 6 aliphatic rings. The van der Waals surface area contributed by atoms with Crippen LogP contribution < -0.4 is 11.1 Å². The van der Waals surface area contributed by atoms with E-state index >= 15 is 0 Å². The third-order valence-corrected chi connectivity index (χ3v) is 17.6. The number of likely N-dealkylation sites (tertiary alicyclic amines) is 4. The van der Waals surface area contributed by atoms with E-state index in [1.54, 1.807) is 49.6 Å². The van der Waals surface area contributed by atoms with Gasteiger partial charge in [0.1, 0.15) is 29.3 Å². The van der Waals surface area contributed by atoms with Crippen molar-refractivity contribution >= 4 is 57.8 Å². The van der Waals surface area contributed by atoms with E-state index in [0.29, 0.717) is 50.1 Å². The molecule has 9 atom stereocenters. The summed E-state index contributed by atoms with van der Waals surface area (Å²) in [5, 5.41) is 4.79. The monoisotopic (exact) mass is 1090 g/mol. The van der Waals surface area contributed by atoms with Gasteiger partial charge >= 0.3 is 18.3 Å². The van der Waals surface area contributed by atoms with Crippen molar-refractivity contribution in [3.05, 3.63) is 71.6 Å². The van der Waals surface area contributed by atoms with Crippen LogP contribution in [0.15, 0.2) is 48.8 Å². The molecule has 2 aromatic heterocycles. The number of rotatable bonds is 9. The van der Waals surface area contributed by atoms with Gasteiger partial charge in [-0.3, -0.25) is 19.3 Å². The van der Waals surface area contributed by atoms with Crippen molar-refractivity contribution in [2.75, 3.05) is 47.4 Å². The minimum Gasteiger partial charge on any atom is -0.453 e. The lowest BCUT2D eigenvalue weighted by atomic mass is 9.82. The molecule has 2 saturated carbocycles. The van der Waals surface area contributed by atoms with E-state index in [2.05, 4.69) is 15.3 Å². The SMILES string of the molecule is C.COC(=O)N1C[C@H](c2c[nH]c3cc(F)ccc23)[C@@H]2[C@H]1CCN2C(=O)[C@@H](N)C1CCCCC1.COC(=O)N1C[C@H](c2c[nH]c3cc(F)ccc23)[C@@H]2[C@H]1CCN2C(=O)[C@@H](NC(=O)[C@H](C)N(C)C(=O)OC(C)(C)C)C1CCCCC1. The number of nitrogens with two attached hydrogens (primary N) is 1. The molecular formula is C58H81F2N9O9. The fourth-order valence-electron chi connectivity index (χ4n) is 13.6. The lowest BCUT2D eigenvalue weighted by Crippen LogP contribution is -2.58. The van der Waals surface area contributed by atoms with Gasteiger partial charge in [0.15, 0.2) is 0 Å². The molecule has 6 fully saturated rings. The molecule has 2 aliphatic carbocycles. The number of methoxy groups -OCH3 is 2. The summed E-state index contributed by atoms with van der Waals surface area (Å²) in [4.78, 5) is 94.7. The largest absolute Gasteiger partial charge is 0.453 e. The van der Waals surface area contributed by atoms with Crippen LogP contribution in [0.4, 0.5) is 23.2 Å². The Morgan fingerprint density at radius 3 is 1.58 bits per heavy atom. The summed E-state index contributed by atoms with van der Waals surface area (Å²) in [7, 11) is 4.25. The maximum atomic E-state index is 14.6. The average Bonchev–Trinajstić information content (AvgIpc) is 4.42. The van der Waals surface area contributed by atoms with Crippen LogP contribution in [-0.4, -0.2) is 166 Å². The molecule has 0 radical (unpaired) electrons. The molecule has 426 valence electrons. The number of H-pyrrole nitrogens is 2. The molecule has 6 heterocycles. The highest BCUT2D eigenvalue weighted by Gasteiger charge is 2.56. The van der Waals surface area contributed by atoms with E-state index in [4.69, 9.17) is 19.9 Å². The van der Waals surface area contributed by atoms with Crippen molar-refractivity contribution in [1.29, 1.82) is 0 Å². The van der Waals surface area contributed by atoms with Crippen molar-refractivity contribution < 1.29 is 51.8 Å². The zero-order valence-electron chi connectivity index (χ0n) is 45.5. The quantitative estimate of drug-likeness (QED) is 0.117. The van der Waals surface area contributed by atoms with Gasteiger partial charge in [-0.2, -0.15) is 0 Å². The summed E-state index contributed by atoms with van der Waals surface area (Å²) in [5.41, 5.74) is 9.03. The van der Waals surface area contributed by atoms with Gasteiger partial charge in [-0.25, -0.2) is 23.2 Å². The summed E-state index contributed by atoms with van der Waals surface area (Å²) >= 11 is 0. The number of carbonyl (C=O) groups excluding carboxylic acids is 6. The van der Waals surface area contributed by atoms with Crippen LogP contribution >= 0.6 is 0 Å². The van der Waals surface area contributed by atoms with Gasteiger partial charge in [-0.1, -0.05) is 46.0 Å². The topological polar surface area (TPSA) is 216 Å². The number of nitrogens with one attached hydrogen (secondary N) is 3. The van der Waals surface area contributed by atoms with E-state index in [1.807, 2.05) is 22.2 Å². The Labute approximate surface area is 456 Å². The number of hydrogen-bond donors (Lipinski definition) is 4. The maximum absolute atomic E-state index is 14.6. The fraction of sp³-hybridized carbons (Fsp3) is 0.621. The number of nitrogens with zero attached hydrogens (tertiary/aromatic N) is 5. The van der Waals surface area contributed by atoms with Crippen molar-refractivity contribution in [3.63, 3.8) is 0 Å². The molecule has 2 aromatic carbocycles. The highest BCUT2D eigenvalue weighted by Crippen LogP contribution is 2.46. The molecule has 10 rings (SSSR count). The number of ether oxygens (including phenoxy) is 3. The zero-order valence-corrected chi connectivity index (χ0v) is 45.5. The average molecular weight is 1090 g/mol. The first-order valence-corrected chi connectivity index (χ1v) is 27.6. The van der Waals surface area contributed by atoms with Crippen LogP contribution in [0, 0.1) is 23.5 Å². The fourth-order valence-corrected chi connectivity index (χ4v) is 13.6. The molecule has 4 saturated heterocycles. The van der Waals surface area contributed by atoms with E-state index in [9.17, 15) is 37.5 Å². The molecular weight excluding hydrogens is 1000 g/mol. The standard InChI is InChI=1S/C33H46FN5O6.C24H31FN4O3.CH4/c1-19(37(5)31(42)45-33(2,3)4)29(40)36-27(20-10-8-7-9-11-20)30(41)38-15-14-26-28(38)24(18-39(26)32(43)44-6)23-17-35-25-16-21(34)12-13-22(23)25;1-32-24(31)29-13-18(17-12-27-19-11-15(25)7-8-16(17)19)22-20(29)9-10-28(22)23(30)21(26)14-5-3-2-4-6-14;/h12-13,16-17,19-20,24,26-28,35H,7-11,14-15,18H2,1-6H3,(H,36,40);7-8,11-12,14,18,20-22,27H,2-6,9-10,13,26H2,1H3;1H4/t19-,24+,26+,27-,28+;18-,20-,21+,22-;/m01./s1. The van der Waals surface area contributed by atoms with Crippen LogP contribution in [0.3, 0.4) is 0 Å². The maximum Gasteiger partial charge on any atom is 0.410 e. The number of halogens is 2. The Kier molecular flexibility index (Phi) is 17.7. The Morgan fingerprint density at radius 1 is 0.679 bits per heavy atom. The van der Waals surface area contributed by atoms with Crippen LogP contribution in [0.2, 0.25) is 0 Å². The Bertz CT molecular complexity index is 2820. The van der Waals surface area contributed by atoms with Crippen molar-refractivity contribution in [3.8, 4) is 0 Å². The van der Waals surface area contributed by atoms with Gasteiger partial charge in [-0.05, 0) is 126 Å². The number of amides is 6. The zero-order chi connectivity index (χ0) is 55.0. The lowest BCUT2D eigenvalue weighted by Gasteiger charge is -2.37. The second kappa shape index (κ2) is 23.9. The molecule has 5 N–H and O–H groups in total. The first-order chi connectivity index (χ1) is 36.8. The Balaban J connectivity index is 0.000000214. The predicted octanol–water partition coefficient (Wildman–Crippen LogP) is 8.75. The number of aromatic amines is 2. The number of likely N-dealkylation sites (N-methyl/N-ethyl adjacent to an activating group) is 1. The summed E-state index contributed by atoms with van der Waals surface area (Å²) in [6, 6.07) is 6.20. The molecule has 0 spiro atoms. The van der Waals surface area contributed by atoms with Crippen molar-refractivity contribution in [1.82, 2.24) is 39.8 Å². The van der Waals surface area contributed by atoms with Crippen molar-refractivity contribution in [2.45, 2.75) is 172 Å². The van der Waals surface area contributed by atoms with Crippen molar-refractivity contribution in [2.24, 2.45) is 17.6 Å². The first-order valence-electron chi connectivity index (χ1n) is 27.6. The second-order valence-corrected chi connectivity index (χ2v) is 23.2. The van der Waals surface area contributed by atoms with E-state index < -0.39 is 41.8 Å². The minimum absolute atomic E-state index is 0.